The molecule has 0 amide bonds. The standard InChI is InChI=1S/C26H31N5O4P2S2/c1-30(36(38)33-4)28-18-23-7-13-25(14-8-23)34-20-27-17-21-9-15-26(16-10-21)35-37(39)31(2)29-19-22-5-11-24(32-3)12-6-22/h5-19,36-37H,20H2,1-4H3/b27-17?,28-18+,29-19+. The Balaban J connectivity index is 1.43. The minimum absolute atomic E-state index is 0.195. The lowest BCUT2D eigenvalue weighted by atomic mass is 10.2. The van der Waals surface area contributed by atoms with E-state index in [4.69, 9.17) is 42.1 Å². The summed E-state index contributed by atoms with van der Waals surface area (Å²) in [6, 6.07) is 22.7. The van der Waals surface area contributed by atoms with Gasteiger partial charge in [0, 0.05) is 27.4 Å². The fraction of sp³-hybridized carbons (Fsp3) is 0.192. The minimum Gasteiger partial charge on any atom is -0.497 e. The molecule has 0 saturated carbocycles. The van der Waals surface area contributed by atoms with Gasteiger partial charge in [-0.3, -0.25) is 9.77 Å². The molecule has 0 bridgehead atoms. The Bertz CT molecular complexity index is 1320. The Kier molecular flexibility index (Phi) is 12.6. The molecule has 0 heterocycles. The van der Waals surface area contributed by atoms with Crippen LogP contribution in [0.4, 0.5) is 0 Å². The van der Waals surface area contributed by atoms with Gasteiger partial charge in [-0.25, -0.2) is 4.78 Å². The summed E-state index contributed by atoms with van der Waals surface area (Å²) in [5.74, 6) is 2.19. The first-order chi connectivity index (χ1) is 18.9. The number of ether oxygens (including phenoxy) is 2. The van der Waals surface area contributed by atoms with Gasteiger partial charge in [0.25, 0.3) is 0 Å². The fourth-order valence-electron chi connectivity index (χ4n) is 2.92. The maximum absolute atomic E-state index is 5.91. The van der Waals surface area contributed by atoms with Crippen molar-refractivity contribution >= 4 is 56.4 Å². The normalized spacial score (nSPS) is 13.0. The average Bonchev–Trinajstić information content (AvgIpc) is 2.98. The molecule has 0 radical (unpaired) electrons. The minimum atomic E-state index is -1.76. The molecule has 0 aliphatic heterocycles. The van der Waals surface area contributed by atoms with E-state index in [1.807, 2.05) is 79.8 Å². The van der Waals surface area contributed by atoms with Crippen LogP contribution in [0.2, 0.25) is 0 Å². The zero-order chi connectivity index (χ0) is 28.0. The fourth-order valence-corrected chi connectivity index (χ4v) is 4.53. The molecule has 2 atom stereocenters. The third-order valence-corrected chi connectivity index (χ3v) is 9.47. The van der Waals surface area contributed by atoms with Crippen molar-refractivity contribution in [2.75, 3.05) is 35.0 Å². The van der Waals surface area contributed by atoms with E-state index < -0.39 is 14.1 Å². The van der Waals surface area contributed by atoms with Gasteiger partial charge >= 0.3 is 0 Å². The second-order valence-electron chi connectivity index (χ2n) is 7.87. The Labute approximate surface area is 240 Å². The van der Waals surface area contributed by atoms with Gasteiger partial charge in [0.05, 0.1) is 19.5 Å². The third kappa shape index (κ3) is 10.5. The van der Waals surface area contributed by atoms with Crippen LogP contribution in [0.3, 0.4) is 0 Å². The largest absolute Gasteiger partial charge is 0.497 e. The van der Waals surface area contributed by atoms with Crippen LogP contribution in [0, 0.1) is 0 Å². The monoisotopic (exact) mass is 603 g/mol. The molecule has 0 N–H and O–H groups in total. The van der Waals surface area contributed by atoms with Crippen LogP contribution in [0.15, 0.2) is 88.0 Å². The highest BCUT2D eigenvalue weighted by molar-refractivity contribution is 8.02. The number of rotatable bonds is 14. The molecule has 0 fully saturated rings. The molecule has 39 heavy (non-hydrogen) atoms. The van der Waals surface area contributed by atoms with E-state index >= 15 is 0 Å². The van der Waals surface area contributed by atoms with E-state index in [0.717, 1.165) is 22.4 Å². The lowest BCUT2D eigenvalue weighted by molar-refractivity contribution is 0.332. The SMILES string of the molecule is COc1ccc(/C=N/N(C)[PH](=S)Oc2ccc(C=NCOc3ccc(/C=N/N(C)[PH](=S)OC)cc3)cc2)cc1. The summed E-state index contributed by atoms with van der Waals surface area (Å²) in [7, 11) is 3.59. The van der Waals surface area contributed by atoms with Gasteiger partial charge in [-0.15, -0.1) is 0 Å². The smallest absolute Gasteiger partial charge is 0.207 e. The van der Waals surface area contributed by atoms with Crippen LogP contribution in [-0.4, -0.2) is 63.2 Å². The predicted octanol–water partition coefficient (Wildman–Crippen LogP) is 5.42. The molecule has 0 spiro atoms. The first kappa shape index (κ1) is 30.5. The number of hydrogen-bond acceptors (Lipinski definition) is 9. The Morgan fingerprint density at radius 2 is 1.13 bits per heavy atom. The topological polar surface area (TPSA) is 80.5 Å². The summed E-state index contributed by atoms with van der Waals surface area (Å²) in [5, 5.41) is 8.70. The number of hydrazone groups is 2. The molecule has 2 unspecified atom stereocenters. The molecular formula is C26H31N5O4P2S2. The van der Waals surface area contributed by atoms with Crippen molar-refractivity contribution in [2.24, 2.45) is 15.2 Å². The van der Waals surface area contributed by atoms with Crippen molar-refractivity contribution in [3.05, 3.63) is 89.5 Å². The lowest BCUT2D eigenvalue weighted by Gasteiger charge is -2.16. The predicted molar refractivity (Wildman–Crippen MR) is 169 cm³/mol. The maximum atomic E-state index is 5.91. The summed E-state index contributed by atoms with van der Waals surface area (Å²) < 4.78 is 25.2. The van der Waals surface area contributed by atoms with Crippen LogP contribution < -0.4 is 14.0 Å². The second kappa shape index (κ2) is 16.1. The van der Waals surface area contributed by atoms with Gasteiger partial charge in [-0.2, -0.15) is 10.2 Å². The highest BCUT2D eigenvalue weighted by atomic mass is 32.4. The molecule has 9 nitrogen and oxygen atoms in total. The highest BCUT2D eigenvalue weighted by Crippen LogP contribution is 2.30. The Hall–Kier alpha value is -3.07. The lowest BCUT2D eigenvalue weighted by Crippen LogP contribution is -2.03. The molecular weight excluding hydrogens is 572 g/mol. The summed E-state index contributed by atoms with van der Waals surface area (Å²) in [5.41, 5.74) is 2.80. The van der Waals surface area contributed by atoms with Crippen LogP contribution in [0.25, 0.3) is 0 Å². The van der Waals surface area contributed by atoms with E-state index in [0.29, 0.717) is 11.5 Å². The van der Waals surface area contributed by atoms with Crippen molar-refractivity contribution < 1.29 is 18.5 Å². The van der Waals surface area contributed by atoms with Gasteiger partial charge in [0.1, 0.15) is 17.2 Å². The van der Waals surface area contributed by atoms with E-state index in [-0.39, 0.29) is 6.73 Å². The quantitative estimate of drug-likeness (QED) is 0.137. The molecule has 0 aliphatic carbocycles. The van der Waals surface area contributed by atoms with Crippen LogP contribution >= 0.6 is 14.1 Å². The summed E-state index contributed by atoms with van der Waals surface area (Å²) in [4.78, 5) is 4.34. The third-order valence-electron chi connectivity index (χ3n) is 5.09. The van der Waals surface area contributed by atoms with Crippen molar-refractivity contribution in [3.8, 4) is 17.2 Å². The maximum Gasteiger partial charge on any atom is 0.207 e. The van der Waals surface area contributed by atoms with Gasteiger partial charge in [-0.1, -0.05) is 0 Å². The second-order valence-corrected chi connectivity index (χ2v) is 12.9. The summed E-state index contributed by atoms with van der Waals surface area (Å²) in [6.07, 6.45) is 5.22. The molecule has 206 valence electrons. The van der Waals surface area contributed by atoms with Crippen molar-refractivity contribution in [1.29, 1.82) is 0 Å². The number of hydrogen-bond donors (Lipinski definition) is 0. The Morgan fingerprint density at radius 1 is 0.667 bits per heavy atom. The molecule has 3 aromatic carbocycles. The van der Waals surface area contributed by atoms with Crippen molar-refractivity contribution in [1.82, 2.24) is 9.56 Å². The zero-order valence-electron chi connectivity index (χ0n) is 22.1. The molecule has 13 heteroatoms. The number of methoxy groups -OCH3 is 1. The van der Waals surface area contributed by atoms with E-state index in [1.165, 1.54) is 0 Å². The van der Waals surface area contributed by atoms with Crippen molar-refractivity contribution in [2.45, 2.75) is 0 Å². The van der Waals surface area contributed by atoms with E-state index in [9.17, 15) is 0 Å². The van der Waals surface area contributed by atoms with Crippen LogP contribution in [0.5, 0.6) is 17.2 Å². The first-order valence-electron chi connectivity index (χ1n) is 11.7. The van der Waals surface area contributed by atoms with Gasteiger partial charge < -0.3 is 18.5 Å². The van der Waals surface area contributed by atoms with E-state index in [1.54, 1.807) is 49.5 Å². The van der Waals surface area contributed by atoms with Gasteiger partial charge in [0.2, 0.25) is 7.07 Å². The van der Waals surface area contributed by atoms with E-state index in [2.05, 4.69) is 15.2 Å². The average molecular weight is 604 g/mol. The van der Waals surface area contributed by atoms with Crippen LogP contribution in [0.1, 0.15) is 16.7 Å². The van der Waals surface area contributed by atoms with Crippen molar-refractivity contribution in [3.63, 3.8) is 0 Å². The number of aliphatic imine (C=N–C) groups is 1. The summed E-state index contributed by atoms with van der Waals surface area (Å²) in [6.45, 7) is 0.195. The first-order valence-corrected chi connectivity index (χ1v) is 16.7. The van der Waals surface area contributed by atoms with Gasteiger partial charge in [-0.05, 0) is 113 Å². The molecule has 3 aromatic rings. The van der Waals surface area contributed by atoms with Crippen LogP contribution in [-0.2, 0) is 28.1 Å². The van der Waals surface area contributed by atoms with Gasteiger partial charge in [0.15, 0.2) is 13.8 Å². The Morgan fingerprint density at radius 3 is 1.64 bits per heavy atom. The zero-order valence-corrected chi connectivity index (χ0v) is 25.7. The molecule has 3 rings (SSSR count). The molecule has 0 aliphatic rings. The summed E-state index contributed by atoms with van der Waals surface area (Å²) >= 11 is 10.7. The highest BCUT2D eigenvalue weighted by Gasteiger charge is 2.03. The number of nitrogens with zero attached hydrogens (tertiary/aromatic N) is 5. The molecule has 0 saturated heterocycles. The molecule has 0 aromatic heterocycles. The number of benzene rings is 3.